The minimum Gasteiger partial charge on any atom is -0.431 e. The van der Waals surface area contributed by atoms with Crippen LogP contribution in [0.4, 0.5) is 0 Å². The Balaban J connectivity index is 1.40. The second-order valence-corrected chi connectivity index (χ2v) is 10.4. The zero-order valence-corrected chi connectivity index (χ0v) is 19.2. The van der Waals surface area contributed by atoms with Crippen LogP contribution in [0.2, 0.25) is 0 Å². The monoisotopic (exact) mass is 479 g/mol. The quantitative estimate of drug-likeness (QED) is 0.386. The van der Waals surface area contributed by atoms with Crippen LogP contribution in [-0.4, -0.2) is 47.4 Å². The molecule has 1 aliphatic rings. The molecule has 1 saturated heterocycles. The van der Waals surface area contributed by atoms with Gasteiger partial charge in [0.15, 0.2) is 5.58 Å². The molecule has 1 atom stereocenters. The van der Waals surface area contributed by atoms with Crippen LogP contribution in [0.25, 0.3) is 11.1 Å². The fourth-order valence-electron chi connectivity index (χ4n) is 3.94. The van der Waals surface area contributed by atoms with Crippen molar-refractivity contribution >= 4 is 38.8 Å². The average molecular weight is 480 g/mol. The minimum atomic E-state index is -3.79. The third-order valence-electron chi connectivity index (χ3n) is 5.49. The predicted octanol–water partition coefficient (Wildman–Crippen LogP) is 4.15. The minimum absolute atomic E-state index is 0.0926. The molecule has 3 aromatic carbocycles. The van der Waals surface area contributed by atoms with E-state index >= 15 is 0 Å². The summed E-state index contributed by atoms with van der Waals surface area (Å²) >= 11 is 1.21. The lowest BCUT2D eigenvalue weighted by Crippen LogP contribution is -2.38. The van der Waals surface area contributed by atoms with Gasteiger partial charge in [-0.1, -0.05) is 72.4 Å². The second kappa shape index (κ2) is 9.01. The van der Waals surface area contributed by atoms with E-state index in [2.05, 4.69) is 4.98 Å². The molecule has 1 amide bonds. The molecule has 2 heterocycles. The van der Waals surface area contributed by atoms with Crippen LogP contribution >= 0.6 is 11.8 Å². The highest BCUT2D eigenvalue weighted by Crippen LogP contribution is 2.35. The number of amides is 1. The summed E-state index contributed by atoms with van der Waals surface area (Å²) in [5.41, 5.74) is 2.14. The number of hydrogen-bond acceptors (Lipinski definition) is 6. The average Bonchev–Trinajstić information content (AvgIpc) is 3.48. The zero-order valence-electron chi connectivity index (χ0n) is 17.6. The first-order valence-electron chi connectivity index (χ1n) is 10.4. The van der Waals surface area contributed by atoms with E-state index in [0.29, 0.717) is 17.4 Å². The number of hydrogen-bond donors (Lipinski definition) is 0. The van der Waals surface area contributed by atoms with Crippen molar-refractivity contribution in [3.05, 3.63) is 90.5 Å². The Hall–Kier alpha value is -3.14. The molecule has 5 rings (SSSR count). The first kappa shape index (κ1) is 21.7. The molecule has 0 radical (unpaired) electrons. The Labute approximate surface area is 196 Å². The van der Waals surface area contributed by atoms with Crippen LogP contribution in [0.15, 0.2) is 99.5 Å². The fourth-order valence-corrected chi connectivity index (χ4v) is 6.25. The zero-order chi connectivity index (χ0) is 22.8. The summed E-state index contributed by atoms with van der Waals surface area (Å²) in [6, 6.07) is 25.0. The Bertz CT molecular complexity index is 1340. The molecule has 0 spiro atoms. The van der Waals surface area contributed by atoms with Crippen LogP contribution in [0.1, 0.15) is 11.7 Å². The van der Waals surface area contributed by atoms with Crippen molar-refractivity contribution < 1.29 is 17.6 Å². The maximum Gasteiger partial charge on any atom is 0.257 e. The lowest BCUT2D eigenvalue weighted by Gasteiger charge is -2.30. The van der Waals surface area contributed by atoms with Gasteiger partial charge in [0.1, 0.15) is 11.7 Å². The van der Waals surface area contributed by atoms with E-state index in [9.17, 15) is 13.2 Å². The highest BCUT2D eigenvalue weighted by molar-refractivity contribution is 7.99. The summed E-state index contributed by atoms with van der Waals surface area (Å²) in [5, 5.41) is 0.411. The molecule has 7 nitrogen and oxygen atoms in total. The first-order chi connectivity index (χ1) is 16.0. The third-order valence-corrected chi connectivity index (χ3v) is 8.17. The lowest BCUT2D eigenvalue weighted by molar-refractivity contribution is -0.130. The Morgan fingerprint density at radius 3 is 2.33 bits per heavy atom. The molecule has 9 heteroatoms. The topological polar surface area (TPSA) is 83.7 Å². The van der Waals surface area contributed by atoms with Gasteiger partial charge in [0.2, 0.25) is 15.9 Å². The van der Waals surface area contributed by atoms with Gasteiger partial charge in [0.25, 0.3) is 5.22 Å². The van der Waals surface area contributed by atoms with Crippen molar-refractivity contribution in [2.45, 2.75) is 16.3 Å². The summed E-state index contributed by atoms with van der Waals surface area (Å²) < 4.78 is 33.9. The highest BCUT2D eigenvalue weighted by atomic mass is 32.2. The van der Waals surface area contributed by atoms with Gasteiger partial charge < -0.3 is 9.32 Å². The summed E-state index contributed by atoms with van der Waals surface area (Å²) in [7, 11) is -3.79. The Morgan fingerprint density at radius 1 is 0.939 bits per heavy atom. The molecule has 168 valence electrons. The Kier molecular flexibility index (Phi) is 5.92. The van der Waals surface area contributed by atoms with Crippen molar-refractivity contribution in [2.75, 3.05) is 18.8 Å². The van der Waals surface area contributed by atoms with E-state index in [4.69, 9.17) is 4.42 Å². The second-order valence-electron chi connectivity index (χ2n) is 7.54. The van der Waals surface area contributed by atoms with Crippen molar-refractivity contribution in [3.63, 3.8) is 0 Å². The molecule has 4 aromatic rings. The molecule has 0 bridgehead atoms. The van der Waals surface area contributed by atoms with Crippen LogP contribution in [-0.2, 0) is 14.8 Å². The number of rotatable bonds is 6. The fraction of sp³-hybridized carbons (Fsp3) is 0.167. The highest BCUT2D eigenvalue weighted by Gasteiger charge is 2.43. The number of sulfonamides is 1. The van der Waals surface area contributed by atoms with Gasteiger partial charge in [0, 0.05) is 13.1 Å². The normalized spacial score (nSPS) is 17.0. The number of carbonyl (C=O) groups excluding carboxylic acids is 1. The van der Waals surface area contributed by atoms with E-state index in [1.54, 1.807) is 35.2 Å². The maximum absolute atomic E-state index is 13.4. The molecule has 0 N–H and O–H groups in total. The van der Waals surface area contributed by atoms with Crippen LogP contribution < -0.4 is 0 Å². The van der Waals surface area contributed by atoms with Gasteiger partial charge in [-0.15, -0.1) is 0 Å². The van der Waals surface area contributed by atoms with Crippen LogP contribution in [0.3, 0.4) is 0 Å². The molecule has 0 unspecified atom stereocenters. The van der Waals surface area contributed by atoms with E-state index in [1.165, 1.54) is 16.1 Å². The molecular weight excluding hydrogens is 458 g/mol. The molecule has 0 aliphatic carbocycles. The molecule has 1 aromatic heterocycles. The molecule has 1 aliphatic heterocycles. The molecule has 33 heavy (non-hydrogen) atoms. The van der Waals surface area contributed by atoms with E-state index in [-0.39, 0.29) is 23.1 Å². The van der Waals surface area contributed by atoms with Gasteiger partial charge in [-0.3, -0.25) is 4.79 Å². The van der Waals surface area contributed by atoms with Crippen molar-refractivity contribution in [2.24, 2.45) is 0 Å². The lowest BCUT2D eigenvalue weighted by atomic mass is 10.1. The van der Waals surface area contributed by atoms with E-state index < -0.39 is 16.2 Å². The number of aromatic nitrogens is 1. The number of oxazole rings is 1. The predicted molar refractivity (Wildman–Crippen MR) is 126 cm³/mol. The van der Waals surface area contributed by atoms with E-state index in [1.807, 2.05) is 54.6 Å². The SMILES string of the molecule is O=C(CSc1nc2ccccc2o1)N1CCN(S(=O)(=O)c2ccccc2)[C@@H]1c1ccccc1. The van der Waals surface area contributed by atoms with Crippen molar-refractivity contribution in [1.29, 1.82) is 0 Å². The van der Waals surface area contributed by atoms with Crippen LogP contribution in [0, 0.1) is 0 Å². The summed E-state index contributed by atoms with van der Waals surface area (Å²) in [6.07, 6.45) is -0.715. The number of benzene rings is 3. The Morgan fingerprint density at radius 2 is 1.61 bits per heavy atom. The molecule has 1 fully saturated rings. The number of para-hydroxylation sites is 2. The standard InChI is InChI=1S/C24H21N3O4S2/c28-22(17-32-24-25-20-13-7-8-14-21(20)31-24)26-15-16-27(23(26)18-9-3-1-4-10-18)33(29,30)19-11-5-2-6-12-19/h1-14,23H,15-17H2/t23-/m1/s1. The summed E-state index contributed by atoms with van der Waals surface area (Å²) in [5.74, 6) is -0.0862. The number of fused-ring (bicyclic) bond motifs is 1. The van der Waals surface area contributed by atoms with E-state index in [0.717, 1.165) is 11.1 Å². The van der Waals surface area contributed by atoms with Crippen LogP contribution in [0.5, 0.6) is 0 Å². The van der Waals surface area contributed by atoms with Crippen molar-refractivity contribution in [1.82, 2.24) is 14.2 Å². The summed E-state index contributed by atoms with van der Waals surface area (Å²) in [4.78, 5) is 19.5. The van der Waals surface area contributed by atoms with Crippen molar-refractivity contribution in [3.8, 4) is 0 Å². The number of thioether (sulfide) groups is 1. The van der Waals surface area contributed by atoms with Gasteiger partial charge in [0.05, 0.1) is 10.6 Å². The van der Waals surface area contributed by atoms with Gasteiger partial charge in [-0.05, 0) is 29.8 Å². The molecular formula is C24H21N3O4S2. The molecule has 0 saturated carbocycles. The van der Waals surface area contributed by atoms with Gasteiger partial charge in [-0.25, -0.2) is 13.4 Å². The number of carbonyl (C=O) groups is 1. The third kappa shape index (κ3) is 4.27. The van der Waals surface area contributed by atoms with Gasteiger partial charge in [-0.2, -0.15) is 4.31 Å². The first-order valence-corrected chi connectivity index (χ1v) is 12.9. The smallest absolute Gasteiger partial charge is 0.257 e. The number of nitrogens with zero attached hydrogens (tertiary/aromatic N) is 3. The maximum atomic E-state index is 13.4. The van der Waals surface area contributed by atoms with Gasteiger partial charge >= 0.3 is 0 Å². The largest absolute Gasteiger partial charge is 0.431 e. The summed E-state index contributed by atoms with van der Waals surface area (Å²) in [6.45, 7) is 0.522.